The van der Waals surface area contributed by atoms with Gasteiger partial charge in [-0.15, -0.1) is 5.10 Å². The Labute approximate surface area is 117 Å². The number of nitrogens with zero attached hydrogens (tertiary/aromatic N) is 3. The highest BCUT2D eigenvalue weighted by molar-refractivity contribution is 5.87. The molecule has 8 nitrogen and oxygen atoms in total. The van der Waals surface area contributed by atoms with Gasteiger partial charge in [-0.3, -0.25) is 10.1 Å². The van der Waals surface area contributed by atoms with Crippen molar-refractivity contribution in [2.75, 3.05) is 11.9 Å². The monoisotopic (exact) mass is 281 g/mol. The summed E-state index contributed by atoms with van der Waals surface area (Å²) in [6.45, 7) is 7.13. The van der Waals surface area contributed by atoms with E-state index in [4.69, 9.17) is 5.11 Å². The molecule has 8 heteroatoms. The number of nitrogens with one attached hydrogen (secondary N) is 2. The zero-order valence-electron chi connectivity index (χ0n) is 12.0. The van der Waals surface area contributed by atoms with Crippen molar-refractivity contribution in [2.45, 2.75) is 27.7 Å². The van der Waals surface area contributed by atoms with Gasteiger partial charge in [-0.05, 0) is 19.8 Å². The van der Waals surface area contributed by atoms with Crippen LogP contribution in [-0.2, 0) is 4.79 Å². The Morgan fingerprint density at radius 1 is 1.20 bits per heavy atom. The fourth-order valence-corrected chi connectivity index (χ4v) is 1.47. The van der Waals surface area contributed by atoms with E-state index in [2.05, 4.69) is 25.8 Å². The van der Waals surface area contributed by atoms with Crippen molar-refractivity contribution in [3.8, 4) is 0 Å². The normalized spacial score (nSPS) is 12.1. The van der Waals surface area contributed by atoms with Gasteiger partial charge in [-0.1, -0.05) is 13.8 Å². The molecule has 1 aromatic rings. The fourth-order valence-electron chi connectivity index (χ4n) is 1.47. The van der Waals surface area contributed by atoms with Crippen LogP contribution in [-0.4, -0.2) is 38.8 Å². The number of aliphatic carboxylic acids is 1. The third-order valence-electron chi connectivity index (χ3n) is 2.92. The van der Waals surface area contributed by atoms with E-state index in [1.165, 1.54) is 0 Å². The molecule has 1 heterocycles. The molecule has 0 aliphatic heterocycles. The first kappa shape index (κ1) is 15.8. The van der Waals surface area contributed by atoms with Gasteiger partial charge < -0.3 is 10.4 Å². The van der Waals surface area contributed by atoms with E-state index >= 15 is 0 Å². The van der Waals surface area contributed by atoms with Crippen LogP contribution in [0.1, 0.15) is 25.2 Å². The lowest BCUT2D eigenvalue weighted by Gasteiger charge is -2.16. The van der Waals surface area contributed by atoms with Crippen molar-refractivity contribution in [2.24, 2.45) is 11.8 Å². The molecule has 1 unspecified atom stereocenters. The maximum Gasteiger partial charge on any atom is 0.321 e. The SMILES string of the molecule is Cc1nnc(NC(=O)NCC(C(=O)O)C(C)C)nc1C. The van der Waals surface area contributed by atoms with Gasteiger partial charge in [-0.2, -0.15) is 5.10 Å². The molecule has 20 heavy (non-hydrogen) atoms. The molecule has 0 bridgehead atoms. The number of aromatic nitrogens is 3. The van der Waals surface area contributed by atoms with Gasteiger partial charge in [0.05, 0.1) is 17.3 Å². The van der Waals surface area contributed by atoms with Crippen LogP contribution in [0.5, 0.6) is 0 Å². The molecule has 110 valence electrons. The number of carbonyl (C=O) groups is 2. The number of anilines is 1. The molecule has 3 N–H and O–H groups in total. The maximum absolute atomic E-state index is 11.6. The summed E-state index contributed by atoms with van der Waals surface area (Å²) in [5, 5.41) is 21.5. The van der Waals surface area contributed by atoms with Crippen molar-refractivity contribution in [1.29, 1.82) is 0 Å². The summed E-state index contributed by atoms with van der Waals surface area (Å²) >= 11 is 0. The first-order chi connectivity index (χ1) is 9.31. The molecule has 0 spiro atoms. The Hall–Kier alpha value is -2.25. The summed E-state index contributed by atoms with van der Waals surface area (Å²) in [5.74, 6) is -1.57. The second kappa shape index (κ2) is 6.78. The highest BCUT2D eigenvalue weighted by atomic mass is 16.4. The summed E-state index contributed by atoms with van der Waals surface area (Å²) in [7, 11) is 0. The Balaban J connectivity index is 2.55. The van der Waals surface area contributed by atoms with Crippen molar-refractivity contribution in [3.63, 3.8) is 0 Å². The molecular weight excluding hydrogens is 262 g/mol. The van der Waals surface area contributed by atoms with Gasteiger partial charge >= 0.3 is 12.0 Å². The van der Waals surface area contributed by atoms with Crippen LogP contribution in [0.3, 0.4) is 0 Å². The zero-order chi connectivity index (χ0) is 15.3. The van der Waals surface area contributed by atoms with Crippen LogP contribution in [0, 0.1) is 25.7 Å². The second-order valence-electron chi connectivity index (χ2n) is 4.83. The number of carbonyl (C=O) groups excluding carboxylic acids is 1. The number of aryl methyl sites for hydroxylation is 2. The predicted molar refractivity (Wildman–Crippen MR) is 72.3 cm³/mol. The second-order valence-corrected chi connectivity index (χ2v) is 4.83. The molecule has 0 saturated carbocycles. The number of carboxylic acid groups (broad SMARTS) is 1. The highest BCUT2D eigenvalue weighted by Crippen LogP contribution is 2.09. The quantitative estimate of drug-likeness (QED) is 0.740. The summed E-state index contributed by atoms with van der Waals surface area (Å²) in [4.78, 5) is 26.7. The molecule has 2 amide bonds. The summed E-state index contributed by atoms with van der Waals surface area (Å²) < 4.78 is 0. The lowest BCUT2D eigenvalue weighted by atomic mass is 9.96. The summed E-state index contributed by atoms with van der Waals surface area (Å²) in [6, 6.07) is -0.554. The molecule has 0 radical (unpaired) electrons. The minimum atomic E-state index is -0.940. The third kappa shape index (κ3) is 4.45. The van der Waals surface area contributed by atoms with Gasteiger partial charge in [0.15, 0.2) is 0 Å². The number of rotatable bonds is 5. The lowest BCUT2D eigenvalue weighted by molar-refractivity contribution is -0.142. The van der Waals surface area contributed by atoms with Crippen molar-refractivity contribution in [3.05, 3.63) is 11.4 Å². The predicted octanol–water partition coefficient (Wildman–Crippen LogP) is 0.967. The Bertz CT molecular complexity index is 504. The van der Waals surface area contributed by atoms with Gasteiger partial charge in [0.25, 0.3) is 5.95 Å². The van der Waals surface area contributed by atoms with Crippen molar-refractivity contribution in [1.82, 2.24) is 20.5 Å². The Kier molecular flexibility index (Phi) is 5.36. The van der Waals surface area contributed by atoms with Crippen molar-refractivity contribution >= 4 is 17.9 Å². The first-order valence-corrected chi connectivity index (χ1v) is 6.26. The van der Waals surface area contributed by atoms with E-state index in [-0.39, 0.29) is 18.4 Å². The largest absolute Gasteiger partial charge is 0.481 e. The summed E-state index contributed by atoms with van der Waals surface area (Å²) in [6.07, 6.45) is 0. The van der Waals surface area contributed by atoms with E-state index in [1.807, 2.05) is 0 Å². The van der Waals surface area contributed by atoms with Crippen molar-refractivity contribution < 1.29 is 14.7 Å². The van der Waals surface area contributed by atoms with Crippen LogP contribution < -0.4 is 10.6 Å². The summed E-state index contributed by atoms with van der Waals surface area (Å²) in [5.41, 5.74) is 1.35. The average Bonchev–Trinajstić information content (AvgIpc) is 2.33. The third-order valence-corrected chi connectivity index (χ3v) is 2.92. The van der Waals surface area contributed by atoms with Gasteiger partial charge in [0, 0.05) is 6.54 Å². The molecule has 0 aliphatic rings. The van der Waals surface area contributed by atoms with Crippen LogP contribution in [0.4, 0.5) is 10.7 Å². The lowest BCUT2D eigenvalue weighted by Crippen LogP contribution is -2.38. The van der Waals surface area contributed by atoms with Crippen LogP contribution in [0.25, 0.3) is 0 Å². The van der Waals surface area contributed by atoms with E-state index in [0.717, 1.165) is 0 Å². The minimum absolute atomic E-state index is 0.0388. The maximum atomic E-state index is 11.6. The number of urea groups is 1. The smallest absolute Gasteiger partial charge is 0.321 e. The van der Waals surface area contributed by atoms with E-state index < -0.39 is 17.9 Å². The van der Waals surface area contributed by atoms with E-state index in [1.54, 1.807) is 27.7 Å². The molecule has 1 atom stereocenters. The molecule has 0 aromatic carbocycles. The average molecular weight is 281 g/mol. The molecule has 1 aromatic heterocycles. The Morgan fingerprint density at radius 3 is 2.35 bits per heavy atom. The molecular formula is C12H19N5O3. The van der Waals surface area contributed by atoms with Crippen LogP contribution >= 0.6 is 0 Å². The van der Waals surface area contributed by atoms with Gasteiger partial charge in [0.1, 0.15) is 0 Å². The van der Waals surface area contributed by atoms with Gasteiger partial charge in [-0.25, -0.2) is 9.78 Å². The fraction of sp³-hybridized carbons (Fsp3) is 0.583. The highest BCUT2D eigenvalue weighted by Gasteiger charge is 2.22. The van der Waals surface area contributed by atoms with E-state index in [0.29, 0.717) is 11.4 Å². The zero-order valence-corrected chi connectivity index (χ0v) is 12.0. The van der Waals surface area contributed by atoms with Crippen LogP contribution in [0.15, 0.2) is 0 Å². The molecule has 0 saturated heterocycles. The number of carboxylic acids is 1. The van der Waals surface area contributed by atoms with E-state index in [9.17, 15) is 9.59 Å². The topological polar surface area (TPSA) is 117 Å². The number of amides is 2. The number of hydrogen-bond donors (Lipinski definition) is 3. The van der Waals surface area contributed by atoms with Gasteiger partial charge in [0.2, 0.25) is 0 Å². The molecule has 1 rings (SSSR count). The Morgan fingerprint density at radius 2 is 1.85 bits per heavy atom. The van der Waals surface area contributed by atoms with Crippen LogP contribution in [0.2, 0.25) is 0 Å². The standard InChI is InChI=1S/C12H19N5O3/c1-6(2)9(10(18)19)5-13-12(20)15-11-14-7(3)8(4)16-17-11/h6,9H,5H2,1-4H3,(H,18,19)(H2,13,14,15,17,20). The minimum Gasteiger partial charge on any atom is -0.481 e. The molecule has 0 fully saturated rings. The molecule has 0 aliphatic carbocycles. The first-order valence-electron chi connectivity index (χ1n) is 6.26. The number of hydrogen-bond acceptors (Lipinski definition) is 5.